The average molecular weight is 168 g/mol. The number of allylic oxidation sites excluding steroid dienone is 1. The summed E-state index contributed by atoms with van der Waals surface area (Å²) in [5, 5.41) is 0. The second-order valence-corrected chi connectivity index (χ2v) is 3.82. The molecular weight excluding hydrogens is 148 g/mol. The van der Waals surface area contributed by atoms with Crippen molar-refractivity contribution >= 4 is 0 Å². The second-order valence-electron chi connectivity index (χ2n) is 3.82. The average Bonchev–Trinajstić information content (AvgIpc) is 2.31. The Morgan fingerprint density at radius 3 is 2.75 bits per heavy atom. The zero-order valence-electron chi connectivity index (χ0n) is 8.31. The number of hydrogen-bond acceptors (Lipinski definition) is 1. The summed E-state index contributed by atoms with van der Waals surface area (Å²) in [6, 6.07) is 0. The van der Waals surface area contributed by atoms with Crippen LogP contribution < -0.4 is 0 Å². The van der Waals surface area contributed by atoms with Crippen LogP contribution in [0, 0.1) is 5.92 Å². The molecule has 1 aliphatic rings. The molecule has 1 nitrogen and oxygen atoms in total. The molecule has 12 heavy (non-hydrogen) atoms. The van der Waals surface area contributed by atoms with Gasteiger partial charge in [-0.05, 0) is 19.8 Å². The molecule has 70 valence electrons. The molecule has 1 heteroatoms. The highest BCUT2D eigenvalue weighted by molar-refractivity contribution is 4.98. The first-order valence-corrected chi connectivity index (χ1v) is 5.09. The maximum absolute atomic E-state index is 5.51. The van der Waals surface area contributed by atoms with E-state index in [1.54, 1.807) is 0 Å². The van der Waals surface area contributed by atoms with Crippen molar-refractivity contribution < 1.29 is 4.74 Å². The van der Waals surface area contributed by atoms with Gasteiger partial charge in [0.25, 0.3) is 0 Å². The molecule has 0 radical (unpaired) electrons. The van der Waals surface area contributed by atoms with Gasteiger partial charge in [0, 0.05) is 5.92 Å². The third-order valence-corrected chi connectivity index (χ3v) is 2.58. The molecule has 0 N–H and O–H groups in total. The number of hydrogen-bond donors (Lipinski definition) is 0. The monoisotopic (exact) mass is 168 g/mol. The summed E-state index contributed by atoms with van der Waals surface area (Å²) in [7, 11) is 0. The fourth-order valence-corrected chi connectivity index (χ4v) is 1.85. The molecule has 1 saturated heterocycles. The van der Waals surface area contributed by atoms with E-state index in [2.05, 4.69) is 20.4 Å². The molecule has 0 aromatic rings. The van der Waals surface area contributed by atoms with E-state index < -0.39 is 0 Å². The quantitative estimate of drug-likeness (QED) is 0.584. The lowest BCUT2D eigenvalue weighted by atomic mass is 9.97. The maximum atomic E-state index is 5.51. The Morgan fingerprint density at radius 2 is 2.25 bits per heavy atom. The minimum atomic E-state index is 0.407. The van der Waals surface area contributed by atoms with Gasteiger partial charge in [-0.3, -0.25) is 0 Å². The van der Waals surface area contributed by atoms with Crippen LogP contribution in [0.1, 0.15) is 46.0 Å². The molecule has 1 heterocycles. The largest absolute Gasteiger partial charge is 0.495 e. The minimum absolute atomic E-state index is 0.407. The maximum Gasteiger partial charge on any atom is 0.0961 e. The van der Waals surface area contributed by atoms with E-state index in [0.29, 0.717) is 12.0 Å². The van der Waals surface area contributed by atoms with Crippen molar-refractivity contribution in [3.63, 3.8) is 0 Å². The highest BCUT2D eigenvalue weighted by atomic mass is 16.5. The van der Waals surface area contributed by atoms with E-state index >= 15 is 0 Å². The summed E-state index contributed by atoms with van der Waals surface area (Å²) < 4.78 is 5.51. The molecule has 0 aromatic carbocycles. The Balaban J connectivity index is 2.19. The molecule has 0 spiro atoms. The van der Waals surface area contributed by atoms with Gasteiger partial charge in [0.1, 0.15) is 0 Å². The molecule has 0 aliphatic carbocycles. The molecule has 1 fully saturated rings. The fourth-order valence-electron chi connectivity index (χ4n) is 1.85. The lowest BCUT2D eigenvalue weighted by Crippen LogP contribution is -1.97. The lowest BCUT2D eigenvalue weighted by Gasteiger charge is -2.06. The summed E-state index contributed by atoms with van der Waals surface area (Å²) in [6.07, 6.45) is 6.84. The lowest BCUT2D eigenvalue weighted by molar-refractivity contribution is 0.178. The molecule has 0 unspecified atom stereocenters. The van der Waals surface area contributed by atoms with E-state index in [0.717, 1.165) is 5.76 Å². The predicted octanol–water partition coefficient (Wildman–Crippen LogP) is 3.51. The van der Waals surface area contributed by atoms with Crippen molar-refractivity contribution in [2.75, 3.05) is 0 Å². The van der Waals surface area contributed by atoms with Gasteiger partial charge in [0.2, 0.25) is 0 Å². The van der Waals surface area contributed by atoms with Crippen LogP contribution in [-0.4, -0.2) is 6.10 Å². The van der Waals surface area contributed by atoms with Gasteiger partial charge in [-0.2, -0.15) is 0 Å². The molecule has 0 bridgehead atoms. The van der Waals surface area contributed by atoms with Crippen LogP contribution in [0.3, 0.4) is 0 Å². The van der Waals surface area contributed by atoms with E-state index in [1.165, 1.54) is 32.1 Å². The van der Waals surface area contributed by atoms with Crippen molar-refractivity contribution in [1.29, 1.82) is 0 Å². The third kappa shape index (κ3) is 2.54. The summed E-state index contributed by atoms with van der Waals surface area (Å²) in [6.45, 7) is 8.31. The van der Waals surface area contributed by atoms with Crippen LogP contribution in [0.2, 0.25) is 0 Å². The predicted molar refractivity (Wildman–Crippen MR) is 51.9 cm³/mol. The van der Waals surface area contributed by atoms with Crippen LogP contribution in [0.5, 0.6) is 0 Å². The molecule has 0 aromatic heterocycles. The normalized spacial score (nSPS) is 29.0. The Morgan fingerprint density at radius 1 is 1.50 bits per heavy atom. The van der Waals surface area contributed by atoms with Crippen LogP contribution in [0.4, 0.5) is 0 Å². The van der Waals surface area contributed by atoms with E-state index in [4.69, 9.17) is 4.74 Å². The second kappa shape index (κ2) is 4.54. The molecule has 1 rings (SSSR count). The summed E-state index contributed by atoms with van der Waals surface area (Å²) >= 11 is 0. The van der Waals surface area contributed by atoms with Gasteiger partial charge < -0.3 is 4.74 Å². The summed E-state index contributed by atoms with van der Waals surface area (Å²) in [5.74, 6) is 1.67. The first-order chi connectivity index (χ1) is 5.74. The van der Waals surface area contributed by atoms with Gasteiger partial charge >= 0.3 is 0 Å². The van der Waals surface area contributed by atoms with E-state index in [1.807, 2.05) is 0 Å². The number of ether oxygens (including phenoxy) is 1. The Hall–Kier alpha value is -0.460. The molecule has 0 amide bonds. The van der Waals surface area contributed by atoms with Gasteiger partial charge in [0.15, 0.2) is 0 Å². The molecular formula is C11H20O. The van der Waals surface area contributed by atoms with Crippen molar-refractivity contribution in [2.45, 2.75) is 52.1 Å². The highest BCUT2D eigenvalue weighted by Crippen LogP contribution is 2.32. The zero-order valence-corrected chi connectivity index (χ0v) is 8.31. The van der Waals surface area contributed by atoms with Crippen LogP contribution in [0.25, 0.3) is 0 Å². The van der Waals surface area contributed by atoms with Crippen LogP contribution in [0.15, 0.2) is 12.3 Å². The Labute approximate surface area is 75.8 Å². The van der Waals surface area contributed by atoms with E-state index in [-0.39, 0.29) is 0 Å². The SMILES string of the molecule is C=C1O[C@@H](C)C[C@H]1CCCCC. The molecule has 0 saturated carbocycles. The molecule has 1 aliphatic heterocycles. The summed E-state index contributed by atoms with van der Waals surface area (Å²) in [5.41, 5.74) is 0. The minimum Gasteiger partial charge on any atom is -0.495 e. The zero-order chi connectivity index (χ0) is 8.97. The molecule has 2 atom stereocenters. The summed E-state index contributed by atoms with van der Waals surface area (Å²) in [4.78, 5) is 0. The van der Waals surface area contributed by atoms with Crippen molar-refractivity contribution in [3.05, 3.63) is 12.3 Å². The van der Waals surface area contributed by atoms with Crippen molar-refractivity contribution in [1.82, 2.24) is 0 Å². The van der Waals surface area contributed by atoms with Crippen LogP contribution in [-0.2, 0) is 4.74 Å². The number of unbranched alkanes of at least 4 members (excludes halogenated alkanes) is 2. The first-order valence-electron chi connectivity index (χ1n) is 5.09. The Kier molecular flexibility index (Phi) is 3.64. The topological polar surface area (TPSA) is 9.23 Å². The van der Waals surface area contributed by atoms with Gasteiger partial charge in [-0.1, -0.05) is 32.8 Å². The van der Waals surface area contributed by atoms with Gasteiger partial charge in [-0.15, -0.1) is 0 Å². The van der Waals surface area contributed by atoms with Crippen LogP contribution >= 0.6 is 0 Å². The Bertz CT molecular complexity index is 151. The van der Waals surface area contributed by atoms with Gasteiger partial charge in [-0.25, -0.2) is 0 Å². The first kappa shape index (κ1) is 9.63. The third-order valence-electron chi connectivity index (χ3n) is 2.58. The van der Waals surface area contributed by atoms with Gasteiger partial charge in [0.05, 0.1) is 11.9 Å². The van der Waals surface area contributed by atoms with Crippen molar-refractivity contribution in [2.24, 2.45) is 5.92 Å². The fraction of sp³-hybridized carbons (Fsp3) is 0.818. The highest BCUT2D eigenvalue weighted by Gasteiger charge is 2.25. The number of rotatable bonds is 4. The van der Waals surface area contributed by atoms with Crippen molar-refractivity contribution in [3.8, 4) is 0 Å². The smallest absolute Gasteiger partial charge is 0.0961 e. The van der Waals surface area contributed by atoms with E-state index in [9.17, 15) is 0 Å². The standard InChI is InChI=1S/C11H20O/c1-4-5-6-7-11-8-9(2)12-10(11)3/h9,11H,3-8H2,1-2H3/t9-,11+/m0/s1.